The van der Waals surface area contributed by atoms with Crippen LogP contribution in [-0.4, -0.2) is 33.4 Å². The van der Waals surface area contributed by atoms with Crippen molar-refractivity contribution in [1.29, 1.82) is 0 Å². The molecule has 0 aliphatic heterocycles. The van der Waals surface area contributed by atoms with Crippen LogP contribution in [0.15, 0.2) is 30.5 Å². The summed E-state index contributed by atoms with van der Waals surface area (Å²) in [7, 11) is 0. The van der Waals surface area contributed by atoms with Crippen molar-refractivity contribution in [3.05, 3.63) is 36.3 Å². The molecule has 0 aliphatic carbocycles. The third-order valence-electron chi connectivity index (χ3n) is 4.43. The zero-order chi connectivity index (χ0) is 18.4. The monoisotopic (exact) mass is 349 g/mol. The molecule has 136 valence electrons. The first-order valence-corrected chi connectivity index (χ1v) is 8.38. The van der Waals surface area contributed by atoms with Gasteiger partial charge in [0.25, 0.3) is 0 Å². The highest BCUT2D eigenvalue weighted by Crippen LogP contribution is 2.30. The number of aliphatic carboxylic acids is 1. The number of anilines is 1. The molecule has 0 spiro atoms. The number of aromatic nitrogens is 1. The van der Waals surface area contributed by atoms with Crippen molar-refractivity contribution in [3.63, 3.8) is 0 Å². The molecular formula is C18H24FN3O3. The predicted molar refractivity (Wildman–Crippen MR) is 94.6 cm³/mol. The van der Waals surface area contributed by atoms with Crippen LogP contribution >= 0.6 is 0 Å². The standard InChI is InChI=1S/C18H24FN3O3/c1-2-3-4-12(8-10-23)18(20,17(24)25)22-15-7-9-21-16-11-13(19)5-6-14(15)16/h5-7,9,11-12,23H,2-4,8,10,20H2,1H3,(H,21,22)(H,24,25). The molecule has 0 amide bonds. The van der Waals surface area contributed by atoms with Gasteiger partial charge in [-0.15, -0.1) is 0 Å². The summed E-state index contributed by atoms with van der Waals surface area (Å²) in [5, 5.41) is 22.6. The van der Waals surface area contributed by atoms with Gasteiger partial charge in [-0.3, -0.25) is 10.7 Å². The first kappa shape index (κ1) is 19.1. The molecule has 0 bridgehead atoms. The Morgan fingerprint density at radius 2 is 2.16 bits per heavy atom. The number of carbonyl (C=O) groups is 1. The summed E-state index contributed by atoms with van der Waals surface area (Å²) in [5.74, 6) is -2.08. The second-order valence-electron chi connectivity index (χ2n) is 6.17. The molecule has 0 radical (unpaired) electrons. The van der Waals surface area contributed by atoms with Crippen molar-refractivity contribution in [2.24, 2.45) is 11.7 Å². The van der Waals surface area contributed by atoms with Crippen LogP contribution in [0, 0.1) is 11.7 Å². The number of carboxylic acids is 1. The van der Waals surface area contributed by atoms with E-state index in [0.717, 1.165) is 12.8 Å². The van der Waals surface area contributed by atoms with E-state index in [1.54, 1.807) is 6.07 Å². The molecule has 0 fully saturated rings. The highest BCUT2D eigenvalue weighted by Gasteiger charge is 2.42. The second kappa shape index (κ2) is 8.22. The van der Waals surface area contributed by atoms with E-state index in [9.17, 15) is 19.4 Å². The Kier molecular flexibility index (Phi) is 6.27. The lowest BCUT2D eigenvalue weighted by molar-refractivity contribution is -0.144. The summed E-state index contributed by atoms with van der Waals surface area (Å²) in [6, 6.07) is 5.72. The maximum atomic E-state index is 13.4. The van der Waals surface area contributed by atoms with Crippen molar-refractivity contribution >= 4 is 22.6 Å². The molecule has 25 heavy (non-hydrogen) atoms. The van der Waals surface area contributed by atoms with Gasteiger partial charge < -0.3 is 15.5 Å². The van der Waals surface area contributed by atoms with Gasteiger partial charge in [-0.2, -0.15) is 0 Å². The Hall–Kier alpha value is -2.25. The number of hydrogen-bond acceptors (Lipinski definition) is 5. The Morgan fingerprint density at radius 1 is 1.40 bits per heavy atom. The number of carboxylic acid groups (broad SMARTS) is 1. The van der Waals surface area contributed by atoms with E-state index in [2.05, 4.69) is 10.3 Å². The van der Waals surface area contributed by atoms with Gasteiger partial charge >= 0.3 is 5.97 Å². The van der Waals surface area contributed by atoms with Gasteiger partial charge in [0.2, 0.25) is 0 Å². The van der Waals surface area contributed by atoms with Crippen LogP contribution in [0.5, 0.6) is 0 Å². The number of hydrogen-bond donors (Lipinski definition) is 4. The minimum absolute atomic E-state index is 0.148. The molecule has 2 aromatic rings. The first-order valence-electron chi connectivity index (χ1n) is 8.38. The van der Waals surface area contributed by atoms with Gasteiger partial charge in [0, 0.05) is 35.9 Å². The largest absolute Gasteiger partial charge is 0.478 e. The molecule has 1 aromatic heterocycles. The van der Waals surface area contributed by atoms with E-state index in [1.165, 1.54) is 24.4 Å². The molecule has 6 nitrogen and oxygen atoms in total. The number of halogens is 1. The molecule has 0 saturated carbocycles. The summed E-state index contributed by atoms with van der Waals surface area (Å²) in [4.78, 5) is 16.1. The van der Waals surface area contributed by atoms with Crippen molar-refractivity contribution in [2.75, 3.05) is 11.9 Å². The topological polar surface area (TPSA) is 108 Å². The van der Waals surface area contributed by atoms with E-state index in [1.807, 2.05) is 6.92 Å². The zero-order valence-corrected chi connectivity index (χ0v) is 14.2. The van der Waals surface area contributed by atoms with Gasteiger partial charge in [-0.25, -0.2) is 9.18 Å². The Bertz CT molecular complexity index is 741. The van der Waals surface area contributed by atoms with E-state index in [-0.39, 0.29) is 13.0 Å². The van der Waals surface area contributed by atoms with Gasteiger partial charge in [0.05, 0.1) is 5.52 Å². The molecule has 0 saturated heterocycles. The normalized spacial score (nSPS) is 14.9. The third kappa shape index (κ3) is 4.24. The molecule has 1 aromatic carbocycles. The van der Waals surface area contributed by atoms with Crippen LogP contribution in [-0.2, 0) is 4.79 Å². The zero-order valence-electron chi connectivity index (χ0n) is 14.2. The third-order valence-corrected chi connectivity index (χ3v) is 4.43. The summed E-state index contributed by atoms with van der Waals surface area (Å²) in [6.07, 6.45) is 4.02. The van der Waals surface area contributed by atoms with Crippen LogP contribution in [0.4, 0.5) is 10.1 Å². The quantitative estimate of drug-likeness (QED) is 0.518. The molecule has 1 heterocycles. The Balaban J connectivity index is 2.42. The minimum Gasteiger partial charge on any atom is -0.478 e. The first-order chi connectivity index (χ1) is 11.9. The highest BCUT2D eigenvalue weighted by atomic mass is 19.1. The average Bonchev–Trinajstić information content (AvgIpc) is 2.58. The van der Waals surface area contributed by atoms with E-state index >= 15 is 0 Å². The lowest BCUT2D eigenvalue weighted by Gasteiger charge is -2.35. The summed E-state index contributed by atoms with van der Waals surface area (Å²) < 4.78 is 13.4. The number of rotatable bonds is 9. The van der Waals surface area contributed by atoms with Crippen molar-refractivity contribution < 1.29 is 19.4 Å². The lowest BCUT2D eigenvalue weighted by atomic mass is 9.85. The molecule has 2 rings (SSSR count). The maximum absolute atomic E-state index is 13.4. The smallest absolute Gasteiger partial charge is 0.344 e. The van der Waals surface area contributed by atoms with E-state index in [4.69, 9.17) is 5.73 Å². The number of nitrogens with two attached hydrogens (primary N) is 1. The van der Waals surface area contributed by atoms with Gasteiger partial charge in [0.1, 0.15) is 5.82 Å². The number of unbranched alkanes of at least 4 members (excludes halogenated alkanes) is 1. The summed E-state index contributed by atoms with van der Waals surface area (Å²) in [6.45, 7) is 1.86. The average molecular weight is 349 g/mol. The molecule has 0 aliphatic rings. The Morgan fingerprint density at radius 3 is 2.80 bits per heavy atom. The van der Waals surface area contributed by atoms with E-state index < -0.39 is 23.4 Å². The summed E-state index contributed by atoms with van der Waals surface area (Å²) >= 11 is 0. The maximum Gasteiger partial charge on any atom is 0.344 e. The fraction of sp³-hybridized carbons (Fsp3) is 0.444. The summed E-state index contributed by atoms with van der Waals surface area (Å²) in [5.41, 5.74) is 5.37. The van der Waals surface area contributed by atoms with Crippen LogP contribution in [0.25, 0.3) is 10.9 Å². The van der Waals surface area contributed by atoms with Crippen molar-refractivity contribution in [2.45, 2.75) is 38.3 Å². The van der Waals surface area contributed by atoms with Crippen LogP contribution in [0.1, 0.15) is 32.6 Å². The minimum atomic E-state index is -1.75. The number of aliphatic hydroxyl groups excluding tert-OH is 1. The van der Waals surface area contributed by atoms with Crippen molar-refractivity contribution in [1.82, 2.24) is 4.98 Å². The number of nitrogens with zero attached hydrogens (tertiary/aromatic N) is 1. The van der Waals surface area contributed by atoms with Crippen LogP contribution in [0.3, 0.4) is 0 Å². The second-order valence-corrected chi connectivity index (χ2v) is 6.17. The van der Waals surface area contributed by atoms with Crippen molar-refractivity contribution in [3.8, 4) is 0 Å². The molecule has 2 unspecified atom stereocenters. The van der Waals surface area contributed by atoms with Crippen LogP contribution in [0.2, 0.25) is 0 Å². The number of nitrogens with one attached hydrogen (secondary N) is 1. The number of aliphatic hydroxyl groups is 1. The fourth-order valence-corrected chi connectivity index (χ4v) is 2.99. The lowest BCUT2D eigenvalue weighted by Crippen LogP contribution is -2.60. The number of fused-ring (bicyclic) bond motifs is 1. The predicted octanol–water partition coefficient (Wildman–Crippen LogP) is 2.71. The van der Waals surface area contributed by atoms with Gasteiger partial charge in [0.15, 0.2) is 5.66 Å². The number of pyridine rings is 1. The van der Waals surface area contributed by atoms with Crippen LogP contribution < -0.4 is 11.1 Å². The van der Waals surface area contributed by atoms with E-state index in [0.29, 0.717) is 23.0 Å². The molecule has 5 N–H and O–H groups in total. The highest BCUT2D eigenvalue weighted by molar-refractivity contribution is 5.93. The Labute approximate surface area is 145 Å². The molecular weight excluding hydrogens is 325 g/mol. The molecule has 7 heteroatoms. The van der Waals surface area contributed by atoms with Gasteiger partial charge in [-0.05, 0) is 31.0 Å². The fourth-order valence-electron chi connectivity index (χ4n) is 2.99. The molecule has 2 atom stereocenters. The SMILES string of the molecule is CCCCC(CCO)C(N)(Nc1ccnc2cc(F)ccc12)C(=O)O. The van der Waals surface area contributed by atoms with Gasteiger partial charge in [-0.1, -0.05) is 19.8 Å². The number of benzene rings is 1.